The molecule has 4 amide bonds. The van der Waals surface area contributed by atoms with Crippen LogP contribution in [0.25, 0.3) is 0 Å². The molecule has 0 saturated carbocycles. The first-order chi connectivity index (χ1) is 20.5. The number of nitrogens with one attached hydrogen (secondary N) is 2. The van der Waals surface area contributed by atoms with Gasteiger partial charge in [0.25, 0.3) is 5.91 Å². The Morgan fingerprint density at radius 1 is 1.02 bits per heavy atom. The summed E-state index contributed by atoms with van der Waals surface area (Å²) in [6.45, 7) is 8.46. The highest BCUT2D eigenvalue weighted by molar-refractivity contribution is 6.03. The van der Waals surface area contributed by atoms with E-state index in [2.05, 4.69) is 27.7 Å². The van der Waals surface area contributed by atoms with E-state index in [0.717, 1.165) is 44.6 Å². The lowest BCUT2D eigenvalue weighted by Crippen LogP contribution is -2.55. The van der Waals surface area contributed by atoms with Crippen molar-refractivity contribution in [2.75, 3.05) is 26.2 Å². The van der Waals surface area contributed by atoms with Crippen LogP contribution in [0.5, 0.6) is 0 Å². The van der Waals surface area contributed by atoms with Gasteiger partial charge in [-0.1, -0.05) is 56.3 Å². The van der Waals surface area contributed by atoms with E-state index in [1.165, 1.54) is 27.5 Å². The van der Waals surface area contributed by atoms with Crippen LogP contribution in [0.3, 0.4) is 0 Å². The van der Waals surface area contributed by atoms with Crippen LogP contribution in [0.2, 0.25) is 0 Å². The summed E-state index contributed by atoms with van der Waals surface area (Å²) in [5.74, 6) is -0.852. The molecule has 3 heterocycles. The number of alkyl halides is 3. The molecule has 0 radical (unpaired) electrons. The van der Waals surface area contributed by atoms with Gasteiger partial charge in [-0.05, 0) is 48.9 Å². The molecule has 2 aromatic carbocycles. The lowest BCUT2D eigenvalue weighted by atomic mass is 9.94. The molecule has 2 atom stereocenters. The van der Waals surface area contributed by atoms with E-state index in [1.807, 2.05) is 32.0 Å². The van der Waals surface area contributed by atoms with Crippen LogP contribution in [-0.2, 0) is 22.3 Å². The Morgan fingerprint density at radius 2 is 1.67 bits per heavy atom. The van der Waals surface area contributed by atoms with E-state index >= 15 is 0 Å². The van der Waals surface area contributed by atoms with Crippen molar-refractivity contribution in [2.45, 2.75) is 64.5 Å². The van der Waals surface area contributed by atoms with Gasteiger partial charge in [0, 0.05) is 32.2 Å². The zero-order chi connectivity index (χ0) is 30.9. The number of urea groups is 1. The Hall–Kier alpha value is -3.86. The van der Waals surface area contributed by atoms with Crippen molar-refractivity contribution in [1.82, 2.24) is 25.3 Å². The van der Waals surface area contributed by atoms with Crippen LogP contribution in [0.4, 0.5) is 18.0 Å². The second kappa shape index (κ2) is 12.4. The summed E-state index contributed by atoms with van der Waals surface area (Å²) in [7, 11) is 0. The minimum atomic E-state index is -4.51. The third-order valence-electron chi connectivity index (χ3n) is 8.56. The second-order valence-electron chi connectivity index (χ2n) is 11.8. The standard InChI is InChI=1S/C32H38F3N5O3/c1-4-39-25-19-40(30(42)26(25)27(37-31(39)43)22-10-12-23(13-11-22)32(33,34)35)28(20(2)3)29(41)36-24-14-16-38(17-15-24)18-21-8-6-5-7-9-21/h5-13,20,24,27-28H,4,14-19H2,1-3H3,(H,36,41)(H,37,43)/t27-,28-/m0/s1. The number of carbonyl (C=O) groups excluding carboxylic acids is 3. The number of halogens is 3. The van der Waals surface area contributed by atoms with Crippen LogP contribution in [0, 0.1) is 5.92 Å². The van der Waals surface area contributed by atoms with Crippen molar-refractivity contribution in [2.24, 2.45) is 5.92 Å². The van der Waals surface area contributed by atoms with Crippen molar-refractivity contribution in [3.8, 4) is 0 Å². The molecule has 0 bridgehead atoms. The molecular weight excluding hydrogens is 559 g/mol. The highest BCUT2D eigenvalue weighted by atomic mass is 19.4. The average Bonchev–Trinajstić information content (AvgIpc) is 3.29. The fourth-order valence-electron chi connectivity index (χ4n) is 6.35. The zero-order valence-electron chi connectivity index (χ0n) is 24.7. The van der Waals surface area contributed by atoms with Crippen molar-refractivity contribution < 1.29 is 27.6 Å². The maximum Gasteiger partial charge on any atom is 0.416 e. The number of rotatable bonds is 8. The highest BCUT2D eigenvalue weighted by Crippen LogP contribution is 2.39. The number of carbonyl (C=O) groups is 3. The molecular formula is C32H38F3N5O3. The fraction of sp³-hybridized carbons (Fsp3) is 0.469. The van der Waals surface area contributed by atoms with Gasteiger partial charge in [0.05, 0.1) is 29.4 Å². The molecule has 8 nitrogen and oxygen atoms in total. The maximum absolute atomic E-state index is 14.0. The average molecular weight is 598 g/mol. The summed E-state index contributed by atoms with van der Waals surface area (Å²) in [5.41, 5.74) is 1.57. The molecule has 5 rings (SSSR count). The molecule has 43 heavy (non-hydrogen) atoms. The first-order valence-electron chi connectivity index (χ1n) is 14.8. The Kier molecular flexibility index (Phi) is 8.82. The second-order valence-corrected chi connectivity index (χ2v) is 11.8. The largest absolute Gasteiger partial charge is 0.416 e. The number of likely N-dealkylation sites (N-methyl/N-ethyl adjacent to an activating group) is 1. The Labute approximate surface area is 249 Å². The molecule has 3 aliphatic rings. The van der Waals surface area contributed by atoms with Gasteiger partial charge in [-0.2, -0.15) is 13.2 Å². The fourth-order valence-corrected chi connectivity index (χ4v) is 6.35. The summed E-state index contributed by atoms with van der Waals surface area (Å²) in [6.07, 6.45) is -2.91. The third-order valence-corrected chi connectivity index (χ3v) is 8.56. The smallest absolute Gasteiger partial charge is 0.351 e. The monoisotopic (exact) mass is 597 g/mol. The van der Waals surface area contributed by atoms with Gasteiger partial charge in [0.2, 0.25) is 5.91 Å². The van der Waals surface area contributed by atoms with Crippen molar-refractivity contribution >= 4 is 17.8 Å². The maximum atomic E-state index is 14.0. The van der Waals surface area contributed by atoms with Gasteiger partial charge in [-0.15, -0.1) is 0 Å². The number of hydrogen-bond acceptors (Lipinski definition) is 4. The van der Waals surface area contributed by atoms with Gasteiger partial charge in [-0.3, -0.25) is 19.4 Å². The van der Waals surface area contributed by atoms with E-state index in [0.29, 0.717) is 17.8 Å². The number of likely N-dealkylation sites (tertiary alicyclic amines) is 1. The quantitative estimate of drug-likeness (QED) is 0.463. The summed E-state index contributed by atoms with van der Waals surface area (Å²) >= 11 is 0. The van der Waals surface area contributed by atoms with Gasteiger partial charge >= 0.3 is 12.2 Å². The molecule has 11 heteroatoms. The molecule has 2 N–H and O–H groups in total. The third kappa shape index (κ3) is 6.41. The van der Waals surface area contributed by atoms with Gasteiger partial charge < -0.3 is 15.5 Å². The molecule has 0 spiro atoms. The minimum absolute atomic E-state index is 0.0173. The van der Waals surface area contributed by atoms with E-state index in [4.69, 9.17) is 0 Å². The highest BCUT2D eigenvalue weighted by Gasteiger charge is 2.47. The first kappa shape index (κ1) is 30.6. The van der Waals surface area contributed by atoms with E-state index < -0.39 is 35.8 Å². The normalized spacial score (nSPS) is 20.9. The Morgan fingerprint density at radius 3 is 2.26 bits per heavy atom. The number of nitrogens with zero attached hydrogens (tertiary/aromatic N) is 3. The van der Waals surface area contributed by atoms with Crippen molar-refractivity contribution in [3.05, 3.63) is 82.6 Å². The first-order valence-corrected chi connectivity index (χ1v) is 14.8. The predicted octanol–water partition coefficient (Wildman–Crippen LogP) is 4.69. The van der Waals surface area contributed by atoms with E-state index in [-0.39, 0.29) is 30.0 Å². The number of hydrogen-bond donors (Lipinski definition) is 2. The van der Waals surface area contributed by atoms with E-state index in [1.54, 1.807) is 6.92 Å². The SMILES string of the molecule is CCN1C(=O)N[C@@H](c2ccc(C(F)(F)F)cc2)C2=C1CN([C@H](C(=O)NC1CCN(Cc3ccccc3)CC1)C(C)C)C2=O. The minimum Gasteiger partial charge on any atom is -0.351 e. The topological polar surface area (TPSA) is 85.0 Å². The number of benzene rings is 2. The lowest BCUT2D eigenvalue weighted by molar-refractivity contribution is -0.138. The Balaban J connectivity index is 1.31. The molecule has 1 saturated heterocycles. The molecule has 3 aliphatic heterocycles. The van der Waals surface area contributed by atoms with Crippen molar-refractivity contribution in [1.29, 1.82) is 0 Å². The molecule has 1 fully saturated rings. The van der Waals surface area contributed by atoms with Crippen LogP contribution < -0.4 is 10.6 Å². The van der Waals surface area contributed by atoms with Crippen LogP contribution in [0.15, 0.2) is 65.9 Å². The van der Waals surface area contributed by atoms with E-state index in [9.17, 15) is 27.6 Å². The van der Waals surface area contributed by atoms with Crippen LogP contribution in [-0.4, -0.2) is 70.8 Å². The number of piperidine rings is 1. The molecule has 0 unspecified atom stereocenters. The summed E-state index contributed by atoms with van der Waals surface area (Å²) < 4.78 is 39.5. The van der Waals surface area contributed by atoms with Gasteiger partial charge in [0.15, 0.2) is 0 Å². The van der Waals surface area contributed by atoms with Crippen LogP contribution >= 0.6 is 0 Å². The zero-order valence-corrected chi connectivity index (χ0v) is 24.7. The summed E-state index contributed by atoms with van der Waals surface area (Å²) in [4.78, 5) is 46.1. The molecule has 2 aromatic rings. The lowest BCUT2D eigenvalue weighted by Gasteiger charge is -2.35. The van der Waals surface area contributed by atoms with Gasteiger partial charge in [0.1, 0.15) is 6.04 Å². The van der Waals surface area contributed by atoms with Crippen LogP contribution in [0.1, 0.15) is 56.3 Å². The Bertz CT molecular complexity index is 1370. The molecule has 230 valence electrons. The molecule has 0 aliphatic carbocycles. The number of amides is 4. The van der Waals surface area contributed by atoms with Gasteiger partial charge in [-0.25, -0.2) is 4.79 Å². The molecule has 0 aromatic heterocycles. The summed E-state index contributed by atoms with van der Waals surface area (Å²) in [5, 5.41) is 5.97. The van der Waals surface area contributed by atoms with Crippen molar-refractivity contribution in [3.63, 3.8) is 0 Å². The predicted molar refractivity (Wildman–Crippen MR) is 155 cm³/mol. The summed E-state index contributed by atoms with van der Waals surface area (Å²) in [6, 6.07) is 12.6.